The second-order valence-electron chi connectivity index (χ2n) is 6.72. The maximum atomic E-state index is 10.9. The lowest BCUT2D eigenvalue weighted by Gasteiger charge is -2.06. The standard InChI is InChI=1S/C22H20N2O3S.CH4O/c25-28(26,27)15-5-13-24-14-12-17(20-7-2-4-9-22(20)24)10-11-18-16-23-21-8-3-1-6-19(18)21;1-2/h1-4,6-12,14,16H,5,13,15H2,(H,25,26,27);2H,1H3. The topological polar surface area (TPSA) is 97.1 Å². The Kier molecular flexibility index (Phi) is 6.99. The van der Waals surface area contributed by atoms with Crippen LogP contribution in [0.15, 0.2) is 67.0 Å². The van der Waals surface area contributed by atoms with Crippen LogP contribution in [0, 0.1) is 0 Å². The van der Waals surface area contributed by atoms with E-state index in [9.17, 15) is 13.0 Å². The fourth-order valence-electron chi connectivity index (χ4n) is 3.47. The molecule has 30 heavy (non-hydrogen) atoms. The summed E-state index contributed by atoms with van der Waals surface area (Å²) in [5.74, 6) is -0.351. The van der Waals surface area contributed by atoms with E-state index >= 15 is 0 Å². The molecule has 0 bridgehead atoms. The van der Waals surface area contributed by atoms with Crippen molar-refractivity contribution >= 4 is 44.1 Å². The van der Waals surface area contributed by atoms with Gasteiger partial charge in [0, 0.05) is 48.5 Å². The molecular formula is C23H24N2O4S. The van der Waals surface area contributed by atoms with Gasteiger partial charge in [0.25, 0.3) is 0 Å². The molecule has 4 rings (SSSR count). The molecule has 0 fully saturated rings. The van der Waals surface area contributed by atoms with Gasteiger partial charge in [-0.3, -0.25) is 0 Å². The second-order valence-corrected chi connectivity index (χ2v) is 8.24. The number of H-pyrrole nitrogens is 1. The monoisotopic (exact) mass is 424 g/mol. The van der Waals surface area contributed by atoms with Gasteiger partial charge >= 0.3 is 0 Å². The van der Waals surface area contributed by atoms with Crippen LogP contribution in [0.1, 0.15) is 17.5 Å². The largest absolute Gasteiger partial charge is 0.748 e. The zero-order valence-electron chi connectivity index (χ0n) is 16.7. The zero-order valence-corrected chi connectivity index (χ0v) is 17.5. The van der Waals surface area contributed by atoms with Crippen LogP contribution in [0.3, 0.4) is 0 Å². The van der Waals surface area contributed by atoms with Gasteiger partial charge in [-0.15, -0.1) is 0 Å². The fraction of sp³-hybridized carbons (Fsp3) is 0.174. The Balaban J connectivity index is 0.00000124. The Hall–Kier alpha value is -3.00. The number of aliphatic hydroxyl groups is 1. The Morgan fingerprint density at radius 3 is 2.40 bits per heavy atom. The number of aryl methyl sites for hydroxylation is 1. The van der Waals surface area contributed by atoms with Crippen LogP contribution in [-0.4, -0.2) is 35.9 Å². The minimum absolute atomic E-state index is 0.297. The van der Waals surface area contributed by atoms with Crippen LogP contribution in [0.5, 0.6) is 0 Å². The highest BCUT2D eigenvalue weighted by molar-refractivity contribution is 7.85. The van der Waals surface area contributed by atoms with Crippen molar-refractivity contribution < 1.29 is 22.6 Å². The number of aliphatic hydroxyl groups excluding tert-OH is 1. The van der Waals surface area contributed by atoms with Crippen molar-refractivity contribution in [2.75, 3.05) is 12.9 Å². The summed E-state index contributed by atoms with van der Waals surface area (Å²) < 4.78 is 34.6. The molecule has 0 saturated heterocycles. The van der Waals surface area contributed by atoms with Gasteiger partial charge in [-0.1, -0.05) is 42.5 Å². The second kappa shape index (κ2) is 9.67. The Labute approximate surface area is 175 Å². The van der Waals surface area contributed by atoms with Gasteiger partial charge < -0.3 is 14.6 Å². The lowest BCUT2D eigenvalue weighted by molar-refractivity contribution is -0.671. The van der Waals surface area contributed by atoms with Crippen molar-refractivity contribution in [1.29, 1.82) is 0 Å². The van der Waals surface area contributed by atoms with Gasteiger partial charge in [0.05, 0.1) is 15.5 Å². The molecule has 0 aliphatic rings. The fourth-order valence-corrected chi connectivity index (χ4v) is 3.95. The summed E-state index contributed by atoms with van der Waals surface area (Å²) in [7, 11) is -3.18. The predicted molar refractivity (Wildman–Crippen MR) is 119 cm³/mol. The number of para-hydroxylation sites is 2. The molecule has 7 heteroatoms. The average Bonchev–Trinajstić information content (AvgIpc) is 3.17. The summed E-state index contributed by atoms with van der Waals surface area (Å²) in [5, 5.41) is 9.25. The van der Waals surface area contributed by atoms with Gasteiger partial charge in [-0.2, -0.15) is 4.57 Å². The van der Waals surface area contributed by atoms with Crippen molar-refractivity contribution in [1.82, 2.24) is 4.98 Å². The van der Waals surface area contributed by atoms with Crippen LogP contribution in [-0.2, 0) is 16.7 Å². The number of hydrogen-bond acceptors (Lipinski definition) is 4. The molecule has 2 aromatic heterocycles. The van der Waals surface area contributed by atoms with E-state index in [4.69, 9.17) is 5.11 Å². The molecule has 0 atom stereocenters. The van der Waals surface area contributed by atoms with Crippen LogP contribution < -0.4 is 4.57 Å². The maximum absolute atomic E-state index is 10.9. The minimum Gasteiger partial charge on any atom is -0.748 e. The highest BCUT2D eigenvalue weighted by atomic mass is 32.2. The number of fused-ring (bicyclic) bond motifs is 2. The summed E-state index contributed by atoms with van der Waals surface area (Å²) in [6.07, 6.45) is 8.41. The Morgan fingerprint density at radius 1 is 0.967 bits per heavy atom. The van der Waals surface area contributed by atoms with Crippen molar-refractivity contribution in [2.24, 2.45) is 0 Å². The van der Waals surface area contributed by atoms with Gasteiger partial charge in [-0.25, -0.2) is 8.42 Å². The summed E-state index contributed by atoms with van der Waals surface area (Å²) in [6.45, 7) is 0.481. The molecule has 0 aliphatic carbocycles. The number of aromatic amines is 1. The van der Waals surface area contributed by atoms with Crippen LogP contribution in [0.25, 0.3) is 34.0 Å². The first-order valence-electron chi connectivity index (χ1n) is 9.55. The molecule has 0 radical (unpaired) electrons. The maximum Gasteiger partial charge on any atom is 0.213 e. The quantitative estimate of drug-likeness (QED) is 0.366. The van der Waals surface area contributed by atoms with E-state index in [1.807, 2.05) is 59.4 Å². The molecule has 156 valence electrons. The van der Waals surface area contributed by atoms with Crippen LogP contribution in [0.2, 0.25) is 0 Å². The number of aromatic nitrogens is 2. The SMILES string of the molecule is CO.O=S(=O)([O-])CCC[n+]1ccc(/C=C/c2c[nH]c3ccccc23)c2ccccc21. The molecule has 2 heterocycles. The first-order valence-corrected chi connectivity index (χ1v) is 11.1. The molecule has 4 aromatic rings. The molecule has 2 aromatic carbocycles. The minimum atomic E-state index is -4.18. The van der Waals surface area contributed by atoms with E-state index in [-0.39, 0.29) is 5.75 Å². The average molecular weight is 425 g/mol. The molecule has 2 N–H and O–H groups in total. The molecule has 0 aliphatic heterocycles. The van der Waals surface area contributed by atoms with Crippen LogP contribution >= 0.6 is 0 Å². The number of benzene rings is 2. The first kappa shape index (κ1) is 21.7. The third kappa shape index (κ3) is 5.13. The number of pyridine rings is 1. The number of rotatable bonds is 6. The van der Waals surface area contributed by atoms with E-state index in [1.165, 1.54) is 5.39 Å². The molecular weight excluding hydrogens is 400 g/mol. The highest BCUT2D eigenvalue weighted by Crippen LogP contribution is 2.22. The highest BCUT2D eigenvalue weighted by Gasteiger charge is 2.11. The summed E-state index contributed by atoms with van der Waals surface area (Å²) in [4.78, 5) is 3.28. The Morgan fingerprint density at radius 2 is 1.63 bits per heavy atom. The van der Waals surface area contributed by atoms with Gasteiger partial charge in [0.15, 0.2) is 6.20 Å². The normalized spacial score (nSPS) is 11.7. The lowest BCUT2D eigenvalue weighted by Crippen LogP contribution is -2.35. The smallest absolute Gasteiger partial charge is 0.213 e. The van der Waals surface area contributed by atoms with Crippen molar-refractivity contribution in [3.8, 4) is 0 Å². The lowest BCUT2D eigenvalue weighted by atomic mass is 10.1. The third-order valence-corrected chi connectivity index (χ3v) is 5.60. The summed E-state index contributed by atoms with van der Waals surface area (Å²) >= 11 is 0. The molecule has 6 nitrogen and oxygen atoms in total. The molecule has 0 unspecified atom stereocenters. The van der Waals surface area contributed by atoms with E-state index in [1.54, 1.807) is 0 Å². The van der Waals surface area contributed by atoms with Crippen molar-refractivity contribution in [3.05, 3.63) is 78.1 Å². The third-order valence-electron chi connectivity index (χ3n) is 4.82. The first-order chi connectivity index (χ1) is 14.5. The van der Waals surface area contributed by atoms with Gasteiger partial charge in [0.2, 0.25) is 5.52 Å². The van der Waals surface area contributed by atoms with E-state index in [0.717, 1.165) is 34.7 Å². The molecule has 0 saturated carbocycles. The Bertz CT molecular complexity index is 1280. The summed E-state index contributed by atoms with van der Waals surface area (Å²) in [5.41, 5.74) is 4.31. The zero-order chi connectivity index (χ0) is 21.6. The van der Waals surface area contributed by atoms with Gasteiger partial charge in [0.1, 0.15) is 6.54 Å². The van der Waals surface area contributed by atoms with Gasteiger partial charge in [-0.05, 0) is 23.3 Å². The number of hydrogen-bond donors (Lipinski definition) is 2. The van der Waals surface area contributed by atoms with E-state index < -0.39 is 10.1 Å². The summed E-state index contributed by atoms with van der Waals surface area (Å²) in [6, 6.07) is 18.2. The van der Waals surface area contributed by atoms with E-state index in [2.05, 4.69) is 29.3 Å². The number of nitrogens with zero attached hydrogens (tertiary/aromatic N) is 1. The van der Waals surface area contributed by atoms with Crippen molar-refractivity contribution in [3.63, 3.8) is 0 Å². The predicted octanol–water partition coefficient (Wildman–Crippen LogP) is 3.32. The number of nitrogens with one attached hydrogen (secondary N) is 1. The van der Waals surface area contributed by atoms with E-state index in [0.29, 0.717) is 13.0 Å². The molecule has 0 amide bonds. The van der Waals surface area contributed by atoms with Crippen molar-refractivity contribution in [2.45, 2.75) is 13.0 Å². The molecule has 0 spiro atoms. The van der Waals surface area contributed by atoms with Crippen LogP contribution in [0.4, 0.5) is 0 Å².